The molecule has 1 aromatic carbocycles. The molecule has 0 amide bonds. The smallest absolute Gasteiger partial charge is 0.0760 e. The molecule has 0 aromatic heterocycles. The Hall–Kier alpha value is -1.34. The van der Waals surface area contributed by atoms with Gasteiger partial charge in [-0.3, -0.25) is 0 Å². The zero-order valence-electron chi connectivity index (χ0n) is 13.8. The summed E-state index contributed by atoms with van der Waals surface area (Å²) in [5, 5.41) is 0. The summed E-state index contributed by atoms with van der Waals surface area (Å²) in [5.74, 6) is 0. The van der Waals surface area contributed by atoms with Crippen molar-refractivity contribution in [2.24, 2.45) is 0 Å². The largest absolute Gasteiger partial charge is 0.370 e. The maximum Gasteiger partial charge on any atom is 0.0760 e. The van der Waals surface area contributed by atoms with Gasteiger partial charge in [0, 0.05) is 0 Å². The molecule has 0 heterocycles. The Morgan fingerprint density at radius 3 is 2.67 bits per heavy atom. The van der Waals surface area contributed by atoms with Crippen molar-refractivity contribution in [3.05, 3.63) is 59.7 Å². The number of aryl methyl sites for hydroxylation is 1. The van der Waals surface area contributed by atoms with E-state index < -0.39 is 0 Å². The Labute approximate surface area is 130 Å². The highest BCUT2D eigenvalue weighted by Crippen LogP contribution is 2.10. The van der Waals surface area contributed by atoms with Gasteiger partial charge in [0.2, 0.25) is 0 Å². The van der Waals surface area contributed by atoms with Crippen LogP contribution in [0.3, 0.4) is 0 Å². The van der Waals surface area contributed by atoms with E-state index in [4.69, 9.17) is 4.74 Å². The maximum absolute atomic E-state index is 5.99. The standard InChI is InChI=1S/C20H30O/c1-4-6-16-20(11-5-2)21-17-18(3)12-10-15-19-13-8-7-9-14-19/h5,7-9,11-14,20H,4,6,10,15-17H2,1-3H3/b11-5+,18-12+. The van der Waals surface area contributed by atoms with Crippen LogP contribution in [0.1, 0.15) is 52.0 Å². The van der Waals surface area contributed by atoms with Crippen LogP contribution in [0, 0.1) is 0 Å². The SMILES string of the molecule is C/C=C/C(CCCC)OC/C(C)=C/CCc1ccccc1. The Morgan fingerprint density at radius 2 is 2.00 bits per heavy atom. The van der Waals surface area contributed by atoms with Crippen molar-refractivity contribution in [2.75, 3.05) is 6.61 Å². The Bertz CT molecular complexity index is 417. The second kappa shape index (κ2) is 11.3. The van der Waals surface area contributed by atoms with Crippen LogP contribution in [0.4, 0.5) is 0 Å². The van der Waals surface area contributed by atoms with Crippen LogP contribution in [0.2, 0.25) is 0 Å². The van der Waals surface area contributed by atoms with E-state index in [2.05, 4.69) is 69.3 Å². The lowest BCUT2D eigenvalue weighted by molar-refractivity contribution is 0.0956. The second-order valence-corrected chi connectivity index (χ2v) is 5.59. The summed E-state index contributed by atoms with van der Waals surface area (Å²) in [6.07, 6.45) is 12.6. The summed E-state index contributed by atoms with van der Waals surface area (Å²) < 4.78 is 5.99. The molecule has 0 saturated carbocycles. The van der Waals surface area contributed by atoms with E-state index in [1.165, 1.54) is 24.0 Å². The second-order valence-electron chi connectivity index (χ2n) is 5.59. The summed E-state index contributed by atoms with van der Waals surface area (Å²) >= 11 is 0. The summed E-state index contributed by atoms with van der Waals surface area (Å²) in [7, 11) is 0. The monoisotopic (exact) mass is 286 g/mol. The van der Waals surface area contributed by atoms with Gasteiger partial charge in [-0.15, -0.1) is 0 Å². The molecular formula is C20H30O. The van der Waals surface area contributed by atoms with Crippen molar-refractivity contribution in [3.63, 3.8) is 0 Å². The van der Waals surface area contributed by atoms with Gasteiger partial charge in [-0.05, 0) is 38.7 Å². The van der Waals surface area contributed by atoms with E-state index in [0.717, 1.165) is 25.9 Å². The first kappa shape index (κ1) is 17.7. The number of benzene rings is 1. The van der Waals surface area contributed by atoms with Gasteiger partial charge >= 0.3 is 0 Å². The molecule has 116 valence electrons. The maximum atomic E-state index is 5.99. The minimum Gasteiger partial charge on any atom is -0.370 e. The van der Waals surface area contributed by atoms with Crippen molar-refractivity contribution >= 4 is 0 Å². The molecule has 1 atom stereocenters. The molecule has 0 saturated heterocycles. The van der Waals surface area contributed by atoms with Crippen LogP contribution in [0.5, 0.6) is 0 Å². The van der Waals surface area contributed by atoms with Gasteiger partial charge in [0.1, 0.15) is 0 Å². The van der Waals surface area contributed by atoms with Crippen LogP contribution in [0.15, 0.2) is 54.1 Å². The fraction of sp³-hybridized carbons (Fsp3) is 0.500. The van der Waals surface area contributed by atoms with Gasteiger partial charge < -0.3 is 4.74 Å². The molecule has 1 rings (SSSR count). The molecule has 1 unspecified atom stereocenters. The van der Waals surface area contributed by atoms with E-state index >= 15 is 0 Å². The fourth-order valence-corrected chi connectivity index (χ4v) is 2.28. The van der Waals surface area contributed by atoms with Crippen LogP contribution >= 0.6 is 0 Å². The van der Waals surface area contributed by atoms with Crippen LogP contribution in [0.25, 0.3) is 0 Å². The normalized spacial score (nSPS) is 13.8. The van der Waals surface area contributed by atoms with Gasteiger partial charge in [0.25, 0.3) is 0 Å². The minimum atomic E-state index is 0.271. The summed E-state index contributed by atoms with van der Waals surface area (Å²) in [6, 6.07) is 10.6. The molecular weight excluding hydrogens is 256 g/mol. The minimum absolute atomic E-state index is 0.271. The Morgan fingerprint density at radius 1 is 1.24 bits per heavy atom. The van der Waals surface area contributed by atoms with Crippen molar-refractivity contribution in [3.8, 4) is 0 Å². The number of hydrogen-bond donors (Lipinski definition) is 0. The van der Waals surface area contributed by atoms with Crippen LogP contribution < -0.4 is 0 Å². The third kappa shape index (κ3) is 8.52. The molecule has 0 bridgehead atoms. The van der Waals surface area contributed by atoms with E-state index in [1.807, 2.05) is 0 Å². The van der Waals surface area contributed by atoms with Gasteiger partial charge in [-0.25, -0.2) is 0 Å². The lowest BCUT2D eigenvalue weighted by Gasteiger charge is -2.14. The number of ether oxygens (including phenoxy) is 1. The highest BCUT2D eigenvalue weighted by Gasteiger charge is 2.04. The predicted octanol–water partition coefficient (Wildman–Crippen LogP) is 5.72. The Kier molecular flexibility index (Phi) is 9.56. The molecule has 0 aliphatic heterocycles. The van der Waals surface area contributed by atoms with Crippen molar-refractivity contribution in [1.82, 2.24) is 0 Å². The third-order valence-corrected chi connectivity index (χ3v) is 3.54. The first-order chi connectivity index (χ1) is 10.3. The van der Waals surface area contributed by atoms with Crippen LogP contribution in [-0.4, -0.2) is 12.7 Å². The first-order valence-corrected chi connectivity index (χ1v) is 8.20. The number of hydrogen-bond acceptors (Lipinski definition) is 1. The molecule has 0 fully saturated rings. The quantitative estimate of drug-likeness (QED) is 0.500. The molecule has 1 nitrogen and oxygen atoms in total. The fourth-order valence-electron chi connectivity index (χ4n) is 2.28. The summed E-state index contributed by atoms with van der Waals surface area (Å²) in [6.45, 7) is 7.19. The van der Waals surface area contributed by atoms with E-state index in [1.54, 1.807) is 0 Å². The van der Waals surface area contributed by atoms with E-state index in [9.17, 15) is 0 Å². The highest BCUT2D eigenvalue weighted by molar-refractivity contribution is 5.15. The summed E-state index contributed by atoms with van der Waals surface area (Å²) in [4.78, 5) is 0. The molecule has 0 aliphatic carbocycles. The van der Waals surface area contributed by atoms with Crippen molar-refractivity contribution in [1.29, 1.82) is 0 Å². The van der Waals surface area contributed by atoms with E-state index in [0.29, 0.717) is 0 Å². The van der Waals surface area contributed by atoms with Gasteiger partial charge in [-0.2, -0.15) is 0 Å². The first-order valence-electron chi connectivity index (χ1n) is 8.20. The molecule has 0 N–H and O–H groups in total. The number of unbranched alkanes of at least 4 members (excludes halogenated alkanes) is 1. The molecule has 1 heteroatoms. The molecule has 0 spiro atoms. The predicted molar refractivity (Wildman–Crippen MR) is 92.6 cm³/mol. The summed E-state index contributed by atoms with van der Waals surface area (Å²) in [5.41, 5.74) is 2.73. The molecule has 21 heavy (non-hydrogen) atoms. The number of rotatable bonds is 10. The van der Waals surface area contributed by atoms with Gasteiger partial charge in [-0.1, -0.05) is 73.9 Å². The number of allylic oxidation sites excluding steroid dienone is 2. The zero-order chi connectivity index (χ0) is 15.3. The molecule has 1 aromatic rings. The lowest BCUT2D eigenvalue weighted by atomic mass is 10.1. The average molecular weight is 286 g/mol. The van der Waals surface area contributed by atoms with Crippen molar-refractivity contribution in [2.45, 2.75) is 59.0 Å². The average Bonchev–Trinajstić information content (AvgIpc) is 2.51. The zero-order valence-corrected chi connectivity index (χ0v) is 13.8. The van der Waals surface area contributed by atoms with Crippen molar-refractivity contribution < 1.29 is 4.74 Å². The van der Waals surface area contributed by atoms with E-state index in [-0.39, 0.29) is 6.10 Å². The van der Waals surface area contributed by atoms with Gasteiger partial charge in [0.15, 0.2) is 0 Å². The topological polar surface area (TPSA) is 9.23 Å². The third-order valence-electron chi connectivity index (χ3n) is 3.54. The Balaban J connectivity index is 2.30. The molecule has 0 aliphatic rings. The lowest BCUT2D eigenvalue weighted by Crippen LogP contribution is -2.11. The highest BCUT2D eigenvalue weighted by atomic mass is 16.5. The van der Waals surface area contributed by atoms with Gasteiger partial charge in [0.05, 0.1) is 12.7 Å². The molecule has 0 radical (unpaired) electrons. The van der Waals surface area contributed by atoms with Crippen LogP contribution in [-0.2, 0) is 11.2 Å².